The van der Waals surface area contributed by atoms with E-state index >= 15 is 0 Å². The first-order chi connectivity index (χ1) is 22.8. The van der Waals surface area contributed by atoms with E-state index < -0.39 is 26.5 Å². The summed E-state index contributed by atoms with van der Waals surface area (Å²) in [6.45, 7) is 3.70. The lowest BCUT2D eigenvalue weighted by Gasteiger charge is -2.19. The Balaban J connectivity index is 4.17. The van der Waals surface area contributed by atoms with Crippen molar-refractivity contribution in [2.24, 2.45) is 5.73 Å². The van der Waals surface area contributed by atoms with Crippen molar-refractivity contribution in [3.05, 3.63) is 12.2 Å². The Morgan fingerprint density at radius 1 is 0.617 bits per heavy atom. The third-order valence-corrected chi connectivity index (χ3v) is 9.14. The highest BCUT2D eigenvalue weighted by Gasteiger charge is 2.25. The maximum atomic E-state index is 12.5. The van der Waals surface area contributed by atoms with Gasteiger partial charge in [0.05, 0.1) is 13.2 Å². The molecule has 0 bridgehead atoms. The Kier molecular flexibility index (Phi) is 33.7. The third kappa shape index (κ3) is 34.4. The van der Waals surface area contributed by atoms with Crippen molar-refractivity contribution < 1.29 is 37.6 Å². The predicted molar refractivity (Wildman–Crippen MR) is 192 cm³/mol. The van der Waals surface area contributed by atoms with Gasteiger partial charge in [-0.25, -0.2) is 4.57 Å². The molecule has 0 fully saturated rings. The summed E-state index contributed by atoms with van der Waals surface area (Å²) in [4.78, 5) is 34.6. The van der Waals surface area contributed by atoms with Gasteiger partial charge >= 0.3 is 19.8 Å². The number of carbonyl (C=O) groups excluding carboxylic acids is 2. The van der Waals surface area contributed by atoms with Crippen LogP contribution in [0.25, 0.3) is 0 Å². The number of rotatable bonds is 36. The summed E-state index contributed by atoms with van der Waals surface area (Å²) < 4.78 is 32.6. The number of carbonyl (C=O) groups is 2. The van der Waals surface area contributed by atoms with Crippen molar-refractivity contribution in [2.75, 3.05) is 26.4 Å². The maximum absolute atomic E-state index is 12.5. The van der Waals surface area contributed by atoms with Crippen LogP contribution in [0.2, 0.25) is 0 Å². The molecule has 0 aromatic carbocycles. The smallest absolute Gasteiger partial charge is 0.462 e. The topological polar surface area (TPSA) is 134 Å². The van der Waals surface area contributed by atoms with Crippen LogP contribution in [0, 0.1) is 0 Å². The van der Waals surface area contributed by atoms with Gasteiger partial charge in [0, 0.05) is 19.4 Å². The Bertz CT molecular complexity index is 794. The van der Waals surface area contributed by atoms with E-state index in [1.807, 2.05) is 0 Å². The van der Waals surface area contributed by atoms with E-state index in [1.165, 1.54) is 103 Å². The molecule has 0 saturated heterocycles. The van der Waals surface area contributed by atoms with Gasteiger partial charge in [-0.2, -0.15) is 0 Å². The van der Waals surface area contributed by atoms with E-state index in [-0.39, 0.29) is 38.6 Å². The first-order valence-electron chi connectivity index (χ1n) is 19.2. The lowest BCUT2D eigenvalue weighted by atomic mass is 10.1. The summed E-state index contributed by atoms with van der Waals surface area (Å²) >= 11 is 0. The monoisotopic (exact) mass is 689 g/mol. The molecule has 0 heterocycles. The molecular weight excluding hydrogens is 617 g/mol. The largest absolute Gasteiger partial charge is 0.472 e. The zero-order valence-corrected chi connectivity index (χ0v) is 31.2. The molecule has 0 aliphatic carbocycles. The molecule has 0 radical (unpaired) electrons. The Hall–Kier alpha value is -1.25. The summed E-state index contributed by atoms with van der Waals surface area (Å²) in [5.74, 6) is -0.832. The molecule has 1 unspecified atom stereocenters. The molecule has 47 heavy (non-hydrogen) atoms. The number of allylic oxidation sites excluding steroid dienone is 2. The summed E-state index contributed by atoms with van der Waals surface area (Å²) in [6, 6.07) is 0. The maximum Gasteiger partial charge on any atom is 0.472 e. The zero-order chi connectivity index (χ0) is 34.7. The van der Waals surface area contributed by atoms with Gasteiger partial charge in [0.25, 0.3) is 0 Å². The van der Waals surface area contributed by atoms with E-state index in [0.29, 0.717) is 6.42 Å². The molecule has 2 atom stereocenters. The molecular formula is C37H72NO8P. The van der Waals surface area contributed by atoms with E-state index in [1.54, 1.807) is 0 Å². The van der Waals surface area contributed by atoms with E-state index in [2.05, 4.69) is 26.0 Å². The first-order valence-corrected chi connectivity index (χ1v) is 20.7. The summed E-state index contributed by atoms with van der Waals surface area (Å²) in [6.07, 6.45) is 32.4. The van der Waals surface area contributed by atoms with Crippen LogP contribution < -0.4 is 5.73 Å². The first kappa shape index (κ1) is 45.8. The normalized spacial score (nSPS) is 13.5. The van der Waals surface area contributed by atoms with E-state index in [0.717, 1.165) is 44.9 Å². The minimum absolute atomic E-state index is 0.0551. The van der Waals surface area contributed by atoms with Crippen molar-refractivity contribution >= 4 is 19.8 Å². The van der Waals surface area contributed by atoms with Gasteiger partial charge in [0.2, 0.25) is 0 Å². The highest BCUT2D eigenvalue weighted by atomic mass is 31.2. The van der Waals surface area contributed by atoms with Crippen molar-refractivity contribution in [1.82, 2.24) is 0 Å². The van der Waals surface area contributed by atoms with Crippen LogP contribution in [-0.4, -0.2) is 49.3 Å². The highest BCUT2D eigenvalue weighted by Crippen LogP contribution is 2.43. The molecule has 0 aliphatic rings. The van der Waals surface area contributed by atoms with Crippen LogP contribution in [0.5, 0.6) is 0 Å². The fourth-order valence-corrected chi connectivity index (χ4v) is 6.04. The Morgan fingerprint density at radius 3 is 1.51 bits per heavy atom. The van der Waals surface area contributed by atoms with Crippen LogP contribution in [0.3, 0.4) is 0 Å². The van der Waals surface area contributed by atoms with Crippen LogP contribution >= 0.6 is 7.82 Å². The molecule has 9 nitrogen and oxygen atoms in total. The summed E-state index contributed by atoms with van der Waals surface area (Å²) in [7, 11) is -4.36. The standard InChI is InChI=1S/C37H72NO8P/c1-3-5-7-9-11-13-14-15-16-17-18-19-20-22-24-26-28-30-37(40)46-35(34-45-47(41,42)44-32-31-38)33-43-36(39)29-27-25-23-21-12-10-8-6-4-2/h15-16,35H,3-14,17-34,38H2,1-2H3,(H,41,42)/b16-15-/t35-/m1/s1. The molecule has 0 aliphatic heterocycles. The number of unbranched alkanes of at least 4 members (excludes halogenated alkanes) is 21. The zero-order valence-electron chi connectivity index (χ0n) is 30.3. The van der Waals surface area contributed by atoms with Crippen LogP contribution in [0.4, 0.5) is 0 Å². The number of nitrogens with two attached hydrogens (primary N) is 1. The molecule has 0 rings (SSSR count). The number of hydrogen-bond acceptors (Lipinski definition) is 8. The quantitative estimate of drug-likeness (QED) is 0.0285. The van der Waals surface area contributed by atoms with Crippen LogP contribution in [-0.2, 0) is 32.7 Å². The third-order valence-electron chi connectivity index (χ3n) is 8.15. The molecule has 0 spiro atoms. The van der Waals surface area contributed by atoms with Crippen LogP contribution in [0.1, 0.15) is 181 Å². The lowest BCUT2D eigenvalue weighted by Crippen LogP contribution is -2.29. The van der Waals surface area contributed by atoms with Gasteiger partial charge in [-0.15, -0.1) is 0 Å². The van der Waals surface area contributed by atoms with Crippen molar-refractivity contribution in [1.29, 1.82) is 0 Å². The fourth-order valence-electron chi connectivity index (χ4n) is 5.28. The molecule has 0 aromatic heterocycles. The fraction of sp³-hybridized carbons (Fsp3) is 0.892. The molecule has 0 saturated carbocycles. The second-order valence-corrected chi connectivity index (χ2v) is 14.3. The second kappa shape index (κ2) is 34.6. The van der Waals surface area contributed by atoms with Gasteiger partial charge < -0.3 is 20.1 Å². The predicted octanol–water partition coefficient (Wildman–Crippen LogP) is 10.3. The lowest BCUT2D eigenvalue weighted by molar-refractivity contribution is -0.161. The van der Waals surface area contributed by atoms with Gasteiger partial charge in [0.1, 0.15) is 6.61 Å². The SMILES string of the molecule is CCCCCCCC/C=C\CCCCCCCCCC(=O)O[C@H](COC(=O)CCCCCCCCCCC)COP(=O)(O)OCCN. The molecule has 3 N–H and O–H groups in total. The average molecular weight is 690 g/mol. The van der Waals surface area contributed by atoms with E-state index in [4.69, 9.17) is 24.3 Å². The number of phosphoric acid groups is 1. The summed E-state index contributed by atoms with van der Waals surface area (Å²) in [5.41, 5.74) is 5.32. The molecule has 278 valence electrons. The molecule has 0 amide bonds. The number of phosphoric ester groups is 1. The van der Waals surface area contributed by atoms with Crippen molar-refractivity contribution in [3.8, 4) is 0 Å². The molecule has 10 heteroatoms. The van der Waals surface area contributed by atoms with Gasteiger partial charge in [-0.1, -0.05) is 142 Å². The molecule has 0 aromatic rings. The minimum atomic E-state index is -4.36. The Morgan fingerprint density at radius 2 is 1.04 bits per heavy atom. The highest BCUT2D eigenvalue weighted by molar-refractivity contribution is 7.47. The van der Waals surface area contributed by atoms with E-state index in [9.17, 15) is 19.0 Å². The average Bonchev–Trinajstić information content (AvgIpc) is 3.05. The Labute approximate surface area is 288 Å². The summed E-state index contributed by atoms with van der Waals surface area (Å²) in [5, 5.41) is 0. The number of esters is 2. The number of hydrogen-bond donors (Lipinski definition) is 2. The van der Waals surface area contributed by atoms with Gasteiger partial charge in [-0.3, -0.25) is 18.6 Å². The van der Waals surface area contributed by atoms with Crippen molar-refractivity contribution in [3.63, 3.8) is 0 Å². The van der Waals surface area contributed by atoms with Gasteiger partial charge in [0.15, 0.2) is 6.10 Å². The van der Waals surface area contributed by atoms with Gasteiger partial charge in [-0.05, 0) is 38.5 Å². The van der Waals surface area contributed by atoms with Crippen LogP contribution in [0.15, 0.2) is 12.2 Å². The van der Waals surface area contributed by atoms with Crippen molar-refractivity contribution in [2.45, 2.75) is 187 Å². The minimum Gasteiger partial charge on any atom is -0.462 e. The number of ether oxygens (including phenoxy) is 2. The second-order valence-electron chi connectivity index (χ2n) is 12.8.